The Bertz CT molecular complexity index is 736. The largest absolute Gasteiger partial charge is 0.489 e. The molecule has 0 radical (unpaired) electrons. The summed E-state index contributed by atoms with van der Waals surface area (Å²) >= 11 is 0. The van der Waals surface area contributed by atoms with Gasteiger partial charge in [0.05, 0.1) is 10.6 Å². The molecule has 0 atom stereocenters. The SMILES string of the molecule is CC(=O)OCCS(=O)(=O)c1ccc(OCc2ccccc2)cc1. The number of sulfone groups is 1. The van der Waals surface area contributed by atoms with Crippen LogP contribution in [0.4, 0.5) is 0 Å². The van der Waals surface area contributed by atoms with Gasteiger partial charge in [-0.25, -0.2) is 8.42 Å². The van der Waals surface area contributed by atoms with E-state index in [2.05, 4.69) is 4.74 Å². The van der Waals surface area contributed by atoms with Crippen LogP contribution in [-0.2, 0) is 26.0 Å². The highest BCUT2D eigenvalue weighted by Gasteiger charge is 2.15. The number of hydrogen-bond donors (Lipinski definition) is 0. The molecule has 5 nitrogen and oxygen atoms in total. The summed E-state index contributed by atoms with van der Waals surface area (Å²) in [5.74, 6) is -0.144. The molecule has 2 rings (SSSR count). The van der Waals surface area contributed by atoms with Crippen molar-refractivity contribution in [1.82, 2.24) is 0 Å². The lowest BCUT2D eigenvalue weighted by Gasteiger charge is -2.08. The Kier molecular flexibility index (Phi) is 5.76. The van der Waals surface area contributed by atoms with Crippen molar-refractivity contribution in [3.63, 3.8) is 0 Å². The quantitative estimate of drug-likeness (QED) is 0.728. The standard InChI is InChI=1S/C17H18O5S/c1-14(18)21-11-12-23(19,20)17-9-7-16(8-10-17)22-13-15-5-3-2-4-6-15/h2-10H,11-13H2,1H3. The zero-order chi connectivity index (χ0) is 16.7. The van der Waals surface area contributed by atoms with E-state index in [0.29, 0.717) is 12.4 Å². The number of rotatable bonds is 7. The highest BCUT2D eigenvalue weighted by atomic mass is 32.2. The minimum absolute atomic E-state index is 0.149. The molecule has 2 aromatic carbocycles. The van der Waals surface area contributed by atoms with E-state index in [-0.39, 0.29) is 17.3 Å². The van der Waals surface area contributed by atoms with Crippen LogP contribution in [0.5, 0.6) is 5.75 Å². The Morgan fingerprint density at radius 3 is 2.26 bits per heavy atom. The van der Waals surface area contributed by atoms with Crippen LogP contribution < -0.4 is 4.74 Å². The molecular formula is C17H18O5S. The van der Waals surface area contributed by atoms with E-state index < -0.39 is 15.8 Å². The average molecular weight is 334 g/mol. The lowest BCUT2D eigenvalue weighted by molar-refractivity contribution is -0.140. The van der Waals surface area contributed by atoms with Crippen LogP contribution in [0.25, 0.3) is 0 Å². The van der Waals surface area contributed by atoms with E-state index in [1.807, 2.05) is 30.3 Å². The van der Waals surface area contributed by atoms with E-state index in [0.717, 1.165) is 5.56 Å². The van der Waals surface area contributed by atoms with Crippen molar-refractivity contribution in [1.29, 1.82) is 0 Å². The second-order valence-corrected chi connectivity index (χ2v) is 7.01. The van der Waals surface area contributed by atoms with Gasteiger partial charge >= 0.3 is 5.97 Å². The first-order valence-corrected chi connectivity index (χ1v) is 8.75. The van der Waals surface area contributed by atoms with Gasteiger partial charge in [-0.1, -0.05) is 30.3 Å². The molecule has 0 amide bonds. The van der Waals surface area contributed by atoms with Crippen LogP contribution in [0.1, 0.15) is 12.5 Å². The summed E-state index contributed by atoms with van der Waals surface area (Å²) in [7, 11) is -3.47. The molecule has 0 saturated carbocycles. The molecular weight excluding hydrogens is 316 g/mol. The summed E-state index contributed by atoms with van der Waals surface area (Å²) in [5.41, 5.74) is 1.03. The third kappa shape index (κ3) is 5.41. The van der Waals surface area contributed by atoms with Crippen LogP contribution >= 0.6 is 0 Å². The van der Waals surface area contributed by atoms with Gasteiger partial charge in [0.25, 0.3) is 0 Å². The summed E-state index contributed by atoms with van der Waals surface area (Å²) < 4.78 is 34.4. The van der Waals surface area contributed by atoms with Gasteiger partial charge in [-0.05, 0) is 29.8 Å². The van der Waals surface area contributed by atoms with Crippen molar-refractivity contribution >= 4 is 15.8 Å². The molecule has 122 valence electrons. The highest BCUT2D eigenvalue weighted by molar-refractivity contribution is 7.91. The molecule has 2 aromatic rings. The smallest absolute Gasteiger partial charge is 0.302 e. The average Bonchev–Trinajstić information content (AvgIpc) is 2.54. The minimum atomic E-state index is -3.47. The van der Waals surface area contributed by atoms with Crippen LogP contribution in [0.2, 0.25) is 0 Å². The predicted molar refractivity (Wildman–Crippen MR) is 85.9 cm³/mol. The third-order valence-corrected chi connectivity index (χ3v) is 4.78. The highest BCUT2D eigenvalue weighted by Crippen LogP contribution is 2.18. The Morgan fingerprint density at radius 1 is 1.00 bits per heavy atom. The van der Waals surface area contributed by atoms with E-state index >= 15 is 0 Å². The molecule has 0 spiro atoms. The number of hydrogen-bond acceptors (Lipinski definition) is 5. The summed E-state index contributed by atoms with van der Waals surface area (Å²) in [5, 5.41) is 0. The number of carbonyl (C=O) groups is 1. The summed E-state index contributed by atoms with van der Waals surface area (Å²) in [4.78, 5) is 10.8. The monoisotopic (exact) mass is 334 g/mol. The van der Waals surface area contributed by atoms with Gasteiger partial charge in [-0.15, -0.1) is 0 Å². The Morgan fingerprint density at radius 2 is 1.65 bits per heavy atom. The van der Waals surface area contributed by atoms with Crippen molar-refractivity contribution in [2.45, 2.75) is 18.4 Å². The lowest BCUT2D eigenvalue weighted by Crippen LogP contribution is -2.14. The Labute approximate surface area is 135 Å². The topological polar surface area (TPSA) is 69.7 Å². The van der Waals surface area contributed by atoms with Crippen LogP contribution in [0.15, 0.2) is 59.5 Å². The second kappa shape index (κ2) is 7.78. The van der Waals surface area contributed by atoms with E-state index in [1.54, 1.807) is 12.1 Å². The fourth-order valence-corrected chi connectivity index (χ4v) is 2.99. The van der Waals surface area contributed by atoms with Gasteiger partial charge in [0, 0.05) is 6.92 Å². The molecule has 0 heterocycles. The van der Waals surface area contributed by atoms with Gasteiger partial charge < -0.3 is 9.47 Å². The second-order valence-electron chi connectivity index (χ2n) is 4.90. The first kappa shape index (κ1) is 17.0. The fraction of sp³-hybridized carbons (Fsp3) is 0.235. The van der Waals surface area contributed by atoms with Crippen LogP contribution in [0, 0.1) is 0 Å². The molecule has 6 heteroatoms. The molecule has 0 aliphatic carbocycles. The summed E-state index contributed by atoms with van der Waals surface area (Å²) in [6.45, 7) is 1.51. The van der Waals surface area contributed by atoms with Gasteiger partial charge in [-0.3, -0.25) is 4.79 Å². The molecule has 0 aliphatic heterocycles. The fourth-order valence-electron chi connectivity index (χ4n) is 1.90. The van der Waals surface area contributed by atoms with Crippen molar-refractivity contribution in [3.8, 4) is 5.75 Å². The maximum Gasteiger partial charge on any atom is 0.302 e. The van der Waals surface area contributed by atoms with Gasteiger partial charge in [-0.2, -0.15) is 0 Å². The maximum absolute atomic E-state index is 12.1. The van der Waals surface area contributed by atoms with Gasteiger partial charge in [0.2, 0.25) is 0 Å². The molecule has 0 unspecified atom stereocenters. The van der Waals surface area contributed by atoms with Crippen molar-refractivity contribution in [3.05, 3.63) is 60.2 Å². The van der Waals surface area contributed by atoms with Crippen LogP contribution in [-0.4, -0.2) is 26.7 Å². The summed E-state index contributed by atoms with van der Waals surface area (Å²) in [6, 6.07) is 15.9. The third-order valence-electron chi connectivity index (χ3n) is 3.09. The Balaban J connectivity index is 1.94. The normalized spacial score (nSPS) is 11.0. The summed E-state index contributed by atoms with van der Waals surface area (Å²) in [6.07, 6.45) is 0. The molecule has 23 heavy (non-hydrogen) atoms. The van der Waals surface area contributed by atoms with Crippen molar-refractivity contribution in [2.24, 2.45) is 0 Å². The number of ether oxygens (including phenoxy) is 2. The van der Waals surface area contributed by atoms with Gasteiger partial charge in [0.1, 0.15) is 19.0 Å². The van der Waals surface area contributed by atoms with Crippen molar-refractivity contribution in [2.75, 3.05) is 12.4 Å². The lowest BCUT2D eigenvalue weighted by atomic mass is 10.2. The number of carbonyl (C=O) groups excluding carboxylic acids is 1. The minimum Gasteiger partial charge on any atom is -0.489 e. The Hall–Kier alpha value is -2.34. The van der Waals surface area contributed by atoms with E-state index in [1.165, 1.54) is 19.1 Å². The molecule has 0 aliphatic rings. The molecule has 0 bridgehead atoms. The number of esters is 1. The van der Waals surface area contributed by atoms with Crippen molar-refractivity contribution < 1.29 is 22.7 Å². The first-order valence-electron chi connectivity index (χ1n) is 7.10. The van der Waals surface area contributed by atoms with Gasteiger partial charge in [0.15, 0.2) is 9.84 Å². The zero-order valence-electron chi connectivity index (χ0n) is 12.8. The molecule has 0 N–H and O–H groups in total. The zero-order valence-corrected chi connectivity index (χ0v) is 13.6. The molecule has 0 fully saturated rings. The van der Waals surface area contributed by atoms with Crippen LogP contribution in [0.3, 0.4) is 0 Å². The first-order chi connectivity index (χ1) is 11.0. The number of benzene rings is 2. The van der Waals surface area contributed by atoms with E-state index in [4.69, 9.17) is 4.74 Å². The molecule has 0 aromatic heterocycles. The maximum atomic E-state index is 12.1. The van der Waals surface area contributed by atoms with E-state index in [9.17, 15) is 13.2 Å². The predicted octanol–water partition coefficient (Wildman–Crippen LogP) is 2.60. The molecule has 0 saturated heterocycles.